The zero-order valence-corrected chi connectivity index (χ0v) is 13.4. The number of aromatic nitrogens is 1. The molecule has 0 saturated heterocycles. The first-order valence-electron chi connectivity index (χ1n) is 6.56. The summed E-state index contributed by atoms with van der Waals surface area (Å²) >= 11 is 5.61. The molecular formula is C14H13BClF2N3O2. The maximum absolute atomic E-state index is 14.2. The lowest BCUT2D eigenvalue weighted by Gasteiger charge is -2.15. The quantitative estimate of drug-likeness (QED) is 0.505. The Morgan fingerprint density at radius 1 is 1.35 bits per heavy atom. The van der Waals surface area contributed by atoms with Gasteiger partial charge >= 0.3 is 0 Å². The van der Waals surface area contributed by atoms with E-state index in [1.165, 1.54) is 7.11 Å². The Kier molecular flexibility index (Phi) is 5.17. The summed E-state index contributed by atoms with van der Waals surface area (Å²) in [4.78, 5) is 20.6. The van der Waals surface area contributed by atoms with E-state index in [9.17, 15) is 13.6 Å². The molecule has 1 heterocycles. The predicted molar refractivity (Wildman–Crippen MR) is 86.3 cm³/mol. The first kappa shape index (κ1) is 17.2. The summed E-state index contributed by atoms with van der Waals surface area (Å²) in [5.41, 5.74) is 3.07. The maximum Gasteiger partial charge on any atom is 0.277 e. The van der Waals surface area contributed by atoms with Gasteiger partial charge in [-0.1, -0.05) is 23.1 Å². The van der Waals surface area contributed by atoms with Gasteiger partial charge in [-0.25, -0.2) is 19.2 Å². The molecule has 0 spiro atoms. The molecule has 2 aromatic rings. The third-order valence-corrected chi connectivity index (χ3v) is 3.34. The van der Waals surface area contributed by atoms with Gasteiger partial charge in [-0.15, -0.1) is 0 Å². The summed E-state index contributed by atoms with van der Waals surface area (Å²) in [6, 6.07) is 2.83. The first-order valence-corrected chi connectivity index (χ1v) is 6.94. The smallest absolute Gasteiger partial charge is 0.277 e. The second-order valence-electron chi connectivity index (χ2n) is 4.85. The summed E-state index contributed by atoms with van der Waals surface area (Å²) in [6.45, 7) is 1.75. The molecule has 1 amide bonds. The largest absolute Gasteiger partial charge is 0.337 e. The zero-order chi connectivity index (χ0) is 17.1. The minimum Gasteiger partial charge on any atom is -0.337 e. The minimum atomic E-state index is -1.28. The highest BCUT2D eigenvalue weighted by Gasteiger charge is 2.23. The molecule has 0 saturated carbocycles. The van der Waals surface area contributed by atoms with Crippen molar-refractivity contribution in [2.24, 2.45) is 0 Å². The normalized spacial score (nSPS) is 10.5. The van der Waals surface area contributed by atoms with E-state index in [1.807, 2.05) is 19.4 Å². The van der Waals surface area contributed by atoms with Gasteiger partial charge in [0, 0.05) is 6.20 Å². The van der Waals surface area contributed by atoms with Gasteiger partial charge in [0.2, 0.25) is 0 Å². The molecule has 0 aliphatic rings. The van der Waals surface area contributed by atoms with Crippen molar-refractivity contribution in [2.75, 3.05) is 12.4 Å². The Bertz CT molecular complexity index is 774. The zero-order valence-electron chi connectivity index (χ0n) is 12.6. The number of carbonyl (C=O) groups is 1. The van der Waals surface area contributed by atoms with Crippen LogP contribution in [0, 0.1) is 18.6 Å². The second kappa shape index (κ2) is 6.93. The average Bonchev–Trinajstić information content (AvgIpc) is 2.50. The third-order valence-electron chi connectivity index (χ3n) is 3.06. The molecule has 1 aromatic heterocycles. The summed E-state index contributed by atoms with van der Waals surface area (Å²) < 4.78 is 28.0. The van der Waals surface area contributed by atoms with E-state index >= 15 is 0 Å². The van der Waals surface area contributed by atoms with Gasteiger partial charge in [0.25, 0.3) is 5.91 Å². The van der Waals surface area contributed by atoms with E-state index in [1.54, 1.807) is 13.1 Å². The molecule has 120 valence electrons. The molecule has 0 atom stereocenters. The van der Waals surface area contributed by atoms with Crippen LogP contribution in [0.5, 0.6) is 0 Å². The fourth-order valence-corrected chi connectivity index (χ4v) is 2.20. The number of amides is 1. The van der Waals surface area contributed by atoms with Crippen molar-refractivity contribution in [3.63, 3.8) is 0 Å². The van der Waals surface area contributed by atoms with Crippen molar-refractivity contribution in [1.29, 1.82) is 0 Å². The number of halogens is 3. The topological polar surface area (TPSA) is 63.2 Å². The maximum atomic E-state index is 14.2. The summed E-state index contributed by atoms with van der Waals surface area (Å²) in [7, 11) is 3.07. The van der Waals surface area contributed by atoms with Gasteiger partial charge in [-0.05, 0) is 18.6 Å². The van der Waals surface area contributed by atoms with Crippen LogP contribution in [-0.4, -0.2) is 25.8 Å². The van der Waals surface area contributed by atoms with Crippen LogP contribution in [0.2, 0.25) is 5.02 Å². The highest BCUT2D eigenvalue weighted by atomic mass is 35.5. The van der Waals surface area contributed by atoms with Gasteiger partial charge in [0.1, 0.15) is 13.7 Å². The Morgan fingerprint density at radius 2 is 2.04 bits per heavy atom. The van der Waals surface area contributed by atoms with Crippen molar-refractivity contribution in [2.45, 2.75) is 6.92 Å². The summed E-state index contributed by atoms with van der Waals surface area (Å²) in [5, 5.41) is 2.13. The molecule has 0 bridgehead atoms. The number of anilines is 2. The number of pyridine rings is 1. The van der Waals surface area contributed by atoms with Crippen LogP contribution in [0.25, 0.3) is 0 Å². The van der Waals surface area contributed by atoms with Crippen LogP contribution in [-0.2, 0) is 4.84 Å². The van der Waals surface area contributed by atoms with E-state index in [0.29, 0.717) is 11.4 Å². The van der Waals surface area contributed by atoms with Crippen LogP contribution in [0.4, 0.5) is 20.3 Å². The van der Waals surface area contributed by atoms with E-state index in [2.05, 4.69) is 15.1 Å². The van der Waals surface area contributed by atoms with E-state index in [0.717, 1.165) is 11.5 Å². The Balaban J connectivity index is 2.55. The second-order valence-corrected chi connectivity index (χ2v) is 5.25. The number of aryl methyl sites for hydroxylation is 1. The molecule has 23 heavy (non-hydrogen) atoms. The molecule has 5 nitrogen and oxygen atoms in total. The molecule has 1 aromatic carbocycles. The Labute approximate surface area is 137 Å². The number of hydroxylamine groups is 1. The van der Waals surface area contributed by atoms with E-state index in [-0.39, 0.29) is 11.3 Å². The Morgan fingerprint density at radius 3 is 2.65 bits per heavy atom. The molecule has 0 aliphatic carbocycles. The average molecular weight is 340 g/mol. The molecule has 0 fully saturated rings. The van der Waals surface area contributed by atoms with Gasteiger partial charge in [0.05, 0.1) is 23.4 Å². The van der Waals surface area contributed by atoms with Gasteiger partial charge in [0.15, 0.2) is 11.6 Å². The van der Waals surface area contributed by atoms with Crippen LogP contribution in [0.1, 0.15) is 15.9 Å². The summed E-state index contributed by atoms with van der Waals surface area (Å²) in [5.74, 6) is -3.02. The molecule has 2 N–H and O–H groups in total. The predicted octanol–water partition coefficient (Wildman–Crippen LogP) is 1.61. The molecule has 0 aliphatic heterocycles. The SMILES string of the molecule is Bc1cnc(Nc2c(C(=O)NOC)cc(Cl)c(F)c2F)c(C)c1. The van der Waals surface area contributed by atoms with Crippen LogP contribution >= 0.6 is 11.6 Å². The van der Waals surface area contributed by atoms with E-state index < -0.39 is 22.6 Å². The third kappa shape index (κ3) is 3.60. The lowest BCUT2D eigenvalue weighted by Crippen LogP contribution is -2.23. The fourth-order valence-electron chi connectivity index (χ4n) is 2.01. The monoisotopic (exact) mass is 339 g/mol. The van der Waals surface area contributed by atoms with Crippen molar-refractivity contribution in [3.05, 3.63) is 46.1 Å². The van der Waals surface area contributed by atoms with Crippen molar-refractivity contribution in [3.8, 4) is 0 Å². The van der Waals surface area contributed by atoms with Gasteiger partial charge in [-0.2, -0.15) is 0 Å². The number of hydrogen-bond donors (Lipinski definition) is 2. The highest BCUT2D eigenvalue weighted by molar-refractivity contribution is 6.32. The van der Waals surface area contributed by atoms with Crippen LogP contribution in [0.15, 0.2) is 18.3 Å². The van der Waals surface area contributed by atoms with Crippen LogP contribution in [0.3, 0.4) is 0 Å². The number of rotatable bonds is 4. The van der Waals surface area contributed by atoms with Crippen LogP contribution < -0.4 is 16.3 Å². The number of carbonyl (C=O) groups excluding carboxylic acids is 1. The number of nitrogens with one attached hydrogen (secondary N) is 2. The molecule has 9 heteroatoms. The fraction of sp³-hybridized carbons (Fsp3) is 0.143. The molecular weight excluding hydrogens is 326 g/mol. The van der Waals surface area contributed by atoms with E-state index in [4.69, 9.17) is 11.6 Å². The van der Waals surface area contributed by atoms with Crippen molar-refractivity contribution >= 4 is 42.3 Å². The number of nitrogens with zero attached hydrogens (tertiary/aromatic N) is 1. The molecule has 0 unspecified atom stereocenters. The first-order chi connectivity index (χ1) is 10.8. The van der Waals surface area contributed by atoms with Crippen molar-refractivity contribution in [1.82, 2.24) is 10.5 Å². The molecule has 2 rings (SSSR count). The lowest BCUT2D eigenvalue weighted by atomic mass is 9.97. The van der Waals surface area contributed by atoms with Crippen molar-refractivity contribution < 1.29 is 18.4 Å². The highest BCUT2D eigenvalue weighted by Crippen LogP contribution is 2.31. The lowest BCUT2D eigenvalue weighted by molar-refractivity contribution is 0.0538. The Hall–Kier alpha value is -2.19. The number of benzene rings is 1. The molecule has 0 radical (unpaired) electrons. The van der Waals surface area contributed by atoms with Gasteiger partial charge < -0.3 is 5.32 Å². The van der Waals surface area contributed by atoms with Gasteiger partial charge in [-0.3, -0.25) is 9.63 Å². The number of hydrogen-bond acceptors (Lipinski definition) is 4. The minimum absolute atomic E-state index is 0.211. The summed E-state index contributed by atoms with van der Waals surface area (Å²) in [6.07, 6.45) is 1.56. The standard InChI is InChI=1S/C14H13BClF2N3O2/c1-6-3-7(15)5-19-13(6)20-12-8(14(22)21-23-2)4-9(16)10(17)11(12)18/h3-5H,15H2,1-2H3,(H,19,20)(H,21,22).